The van der Waals surface area contributed by atoms with Crippen LogP contribution in [0.4, 0.5) is 5.69 Å². The quantitative estimate of drug-likeness (QED) is 0.370. The number of nitro benzene ring substituents is 1. The van der Waals surface area contributed by atoms with Crippen molar-refractivity contribution in [1.29, 1.82) is 0 Å². The summed E-state index contributed by atoms with van der Waals surface area (Å²) < 4.78 is 16.3. The maximum atomic E-state index is 12.0. The smallest absolute Gasteiger partial charge is 0.286 e. The number of benzene rings is 1. The Morgan fingerprint density at radius 2 is 2.11 bits per heavy atom. The lowest BCUT2D eigenvalue weighted by Gasteiger charge is -2.07. The molecule has 9 heteroatoms. The summed E-state index contributed by atoms with van der Waals surface area (Å²) >= 11 is 5.96. The predicted octanol–water partition coefficient (Wildman–Crippen LogP) is 3.97. The fraction of sp³-hybridized carbons (Fsp3) is 0.389. The van der Waals surface area contributed by atoms with E-state index >= 15 is 0 Å². The third-order valence-corrected chi connectivity index (χ3v) is 3.73. The van der Waals surface area contributed by atoms with Crippen molar-refractivity contribution in [3.63, 3.8) is 0 Å². The van der Waals surface area contributed by atoms with Gasteiger partial charge >= 0.3 is 0 Å². The lowest BCUT2D eigenvalue weighted by Crippen LogP contribution is -2.25. The van der Waals surface area contributed by atoms with Gasteiger partial charge in [0.15, 0.2) is 5.76 Å². The van der Waals surface area contributed by atoms with Crippen LogP contribution in [0.5, 0.6) is 5.75 Å². The van der Waals surface area contributed by atoms with Crippen LogP contribution in [0.2, 0.25) is 5.02 Å². The molecule has 1 N–H and O–H groups in total. The Morgan fingerprint density at radius 1 is 1.33 bits per heavy atom. The molecular weight excluding hydrogens is 376 g/mol. The summed E-state index contributed by atoms with van der Waals surface area (Å²) in [6.45, 7) is 5.00. The van der Waals surface area contributed by atoms with Gasteiger partial charge in [-0.15, -0.1) is 0 Å². The SMILES string of the molecule is CC(C)OCCCNC(=O)c1ccc(COc2ccc([N+](=O)[O-])cc2Cl)o1. The molecule has 0 radical (unpaired) electrons. The van der Waals surface area contributed by atoms with Gasteiger partial charge in [-0.3, -0.25) is 14.9 Å². The average Bonchev–Trinajstić information content (AvgIpc) is 3.09. The molecule has 2 rings (SSSR count). The highest BCUT2D eigenvalue weighted by molar-refractivity contribution is 6.32. The van der Waals surface area contributed by atoms with E-state index in [0.717, 1.165) is 0 Å². The van der Waals surface area contributed by atoms with Crippen LogP contribution >= 0.6 is 11.6 Å². The number of nitro groups is 1. The van der Waals surface area contributed by atoms with Gasteiger partial charge in [0.25, 0.3) is 11.6 Å². The van der Waals surface area contributed by atoms with Crippen LogP contribution in [0.15, 0.2) is 34.7 Å². The van der Waals surface area contributed by atoms with Gasteiger partial charge < -0.3 is 19.2 Å². The van der Waals surface area contributed by atoms with Gasteiger partial charge in [0.05, 0.1) is 16.0 Å². The number of nitrogens with one attached hydrogen (secondary N) is 1. The highest BCUT2D eigenvalue weighted by Crippen LogP contribution is 2.29. The topological polar surface area (TPSA) is 104 Å². The molecule has 1 heterocycles. The average molecular weight is 397 g/mol. The van der Waals surface area contributed by atoms with Crippen molar-refractivity contribution in [2.75, 3.05) is 13.2 Å². The summed E-state index contributed by atoms with van der Waals surface area (Å²) in [4.78, 5) is 22.2. The van der Waals surface area contributed by atoms with E-state index in [4.69, 9.17) is 25.5 Å². The fourth-order valence-electron chi connectivity index (χ4n) is 2.13. The predicted molar refractivity (Wildman–Crippen MR) is 99.2 cm³/mol. The number of amides is 1. The van der Waals surface area contributed by atoms with Crippen molar-refractivity contribution in [2.45, 2.75) is 33.0 Å². The van der Waals surface area contributed by atoms with Crippen molar-refractivity contribution in [2.24, 2.45) is 0 Å². The van der Waals surface area contributed by atoms with E-state index in [0.29, 0.717) is 25.3 Å². The molecule has 1 aromatic carbocycles. The number of furan rings is 1. The second kappa shape index (κ2) is 9.94. The minimum atomic E-state index is -0.540. The van der Waals surface area contributed by atoms with E-state index in [1.165, 1.54) is 18.2 Å². The van der Waals surface area contributed by atoms with E-state index in [1.54, 1.807) is 12.1 Å². The Balaban J connectivity index is 1.82. The first-order valence-electron chi connectivity index (χ1n) is 8.42. The van der Waals surface area contributed by atoms with Crippen LogP contribution in [0.25, 0.3) is 0 Å². The van der Waals surface area contributed by atoms with Gasteiger partial charge in [-0.25, -0.2) is 0 Å². The molecule has 1 amide bonds. The Morgan fingerprint density at radius 3 is 2.78 bits per heavy atom. The van der Waals surface area contributed by atoms with Crippen molar-refractivity contribution in [3.05, 3.63) is 57.0 Å². The molecule has 2 aromatic rings. The van der Waals surface area contributed by atoms with Crippen molar-refractivity contribution >= 4 is 23.2 Å². The normalized spacial score (nSPS) is 10.8. The third kappa shape index (κ3) is 6.58. The van der Waals surface area contributed by atoms with Crippen molar-refractivity contribution in [3.8, 4) is 5.75 Å². The van der Waals surface area contributed by atoms with E-state index in [2.05, 4.69) is 5.32 Å². The molecule has 0 aliphatic rings. The van der Waals surface area contributed by atoms with Crippen LogP contribution in [-0.4, -0.2) is 30.1 Å². The maximum absolute atomic E-state index is 12.0. The molecule has 1 aromatic heterocycles. The van der Waals surface area contributed by atoms with E-state index < -0.39 is 4.92 Å². The summed E-state index contributed by atoms with van der Waals surface area (Å²) in [7, 11) is 0. The zero-order valence-corrected chi connectivity index (χ0v) is 15.8. The summed E-state index contributed by atoms with van der Waals surface area (Å²) in [5.41, 5.74) is -0.122. The minimum Gasteiger partial charge on any atom is -0.484 e. The lowest BCUT2D eigenvalue weighted by molar-refractivity contribution is -0.384. The molecule has 27 heavy (non-hydrogen) atoms. The zero-order valence-electron chi connectivity index (χ0n) is 15.1. The molecule has 0 saturated carbocycles. The molecule has 0 spiro atoms. The third-order valence-electron chi connectivity index (χ3n) is 3.44. The highest BCUT2D eigenvalue weighted by Gasteiger charge is 2.13. The Labute approximate surface area is 161 Å². The first kappa shape index (κ1) is 20.7. The number of carbonyl (C=O) groups excluding carboxylic acids is 1. The number of non-ortho nitro benzene ring substituents is 1. The van der Waals surface area contributed by atoms with Gasteiger partial charge in [-0.05, 0) is 38.5 Å². The number of hydrogen-bond acceptors (Lipinski definition) is 6. The summed E-state index contributed by atoms with van der Waals surface area (Å²) in [6, 6.07) is 7.09. The van der Waals surface area contributed by atoms with E-state index in [1.807, 2.05) is 13.8 Å². The number of nitrogens with zero attached hydrogens (tertiary/aromatic N) is 1. The summed E-state index contributed by atoms with van der Waals surface area (Å²) in [5.74, 6) is 0.569. The number of ether oxygens (including phenoxy) is 2. The van der Waals surface area contributed by atoms with Gasteiger partial charge in [-0.1, -0.05) is 11.6 Å². The second-order valence-corrected chi connectivity index (χ2v) is 6.36. The monoisotopic (exact) mass is 396 g/mol. The number of halogens is 1. The summed E-state index contributed by atoms with van der Waals surface area (Å²) in [6.07, 6.45) is 0.872. The molecule has 8 nitrogen and oxygen atoms in total. The Kier molecular flexibility index (Phi) is 7.63. The first-order chi connectivity index (χ1) is 12.9. The van der Waals surface area contributed by atoms with Crippen LogP contribution in [-0.2, 0) is 11.3 Å². The molecule has 0 aliphatic carbocycles. The van der Waals surface area contributed by atoms with E-state index in [-0.39, 0.29) is 40.8 Å². The van der Waals surface area contributed by atoms with Crippen molar-refractivity contribution < 1.29 is 23.6 Å². The van der Waals surface area contributed by atoms with Gasteiger partial charge in [0, 0.05) is 25.3 Å². The molecule has 0 fully saturated rings. The number of rotatable bonds is 10. The molecule has 0 atom stereocenters. The summed E-state index contributed by atoms with van der Waals surface area (Å²) in [5, 5.41) is 13.6. The number of hydrogen-bond donors (Lipinski definition) is 1. The lowest BCUT2D eigenvalue weighted by atomic mass is 10.3. The molecule has 0 bridgehead atoms. The molecule has 0 unspecified atom stereocenters. The van der Waals surface area contributed by atoms with Gasteiger partial charge in [-0.2, -0.15) is 0 Å². The highest BCUT2D eigenvalue weighted by atomic mass is 35.5. The largest absolute Gasteiger partial charge is 0.484 e. The molecule has 0 saturated heterocycles. The van der Waals surface area contributed by atoms with Gasteiger partial charge in [0.1, 0.15) is 18.1 Å². The van der Waals surface area contributed by atoms with Crippen molar-refractivity contribution in [1.82, 2.24) is 5.32 Å². The maximum Gasteiger partial charge on any atom is 0.286 e. The Hall–Kier alpha value is -2.58. The molecular formula is C18H21ClN2O6. The van der Waals surface area contributed by atoms with E-state index in [9.17, 15) is 14.9 Å². The van der Waals surface area contributed by atoms with Crippen LogP contribution in [0.1, 0.15) is 36.6 Å². The fourth-order valence-corrected chi connectivity index (χ4v) is 2.36. The number of carbonyl (C=O) groups is 1. The standard InChI is InChI=1S/C18H21ClN2O6/c1-12(2)25-9-3-8-20-18(22)17-7-5-14(27-17)11-26-16-6-4-13(21(23)24)10-15(16)19/h4-7,10,12H,3,8-9,11H2,1-2H3,(H,20,22). The van der Waals surface area contributed by atoms with Crippen LogP contribution in [0, 0.1) is 10.1 Å². The molecule has 146 valence electrons. The zero-order chi connectivity index (χ0) is 19.8. The van der Waals surface area contributed by atoms with Crippen LogP contribution < -0.4 is 10.1 Å². The minimum absolute atomic E-state index is 0.0348. The second-order valence-electron chi connectivity index (χ2n) is 5.96. The van der Waals surface area contributed by atoms with Crippen LogP contribution in [0.3, 0.4) is 0 Å². The molecule has 0 aliphatic heterocycles. The Bertz CT molecular complexity index is 790. The van der Waals surface area contributed by atoms with Gasteiger partial charge in [0.2, 0.25) is 0 Å². The first-order valence-corrected chi connectivity index (χ1v) is 8.80.